The summed E-state index contributed by atoms with van der Waals surface area (Å²) < 4.78 is 4.81. The number of halogens is 3. The summed E-state index contributed by atoms with van der Waals surface area (Å²) in [5.74, 6) is -1.24. The first-order valence-corrected chi connectivity index (χ1v) is 6.96. The SMILES string of the molecule is CC[C@@H](C)NC(=O)COC(=O)c1ncc(Cl)c(Cl)c1Cl. The molecule has 0 unspecified atom stereocenters. The average molecular weight is 340 g/mol. The van der Waals surface area contributed by atoms with Gasteiger partial charge in [0.2, 0.25) is 0 Å². The summed E-state index contributed by atoms with van der Waals surface area (Å²) in [7, 11) is 0. The number of ether oxygens (including phenoxy) is 1. The van der Waals surface area contributed by atoms with Crippen molar-refractivity contribution in [2.45, 2.75) is 26.3 Å². The second kappa shape index (κ2) is 7.67. The Kier molecular flexibility index (Phi) is 6.52. The van der Waals surface area contributed by atoms with Crippen LogP contribution in [0.15, 0.2) is 6.20 Å². The van der Waals surface area contributed by atoms with Gasteiger partial charge in [0.15, 0.2) is 12.3 Å². The Balaban J connectivity index is 2.64. The number of esters is 1. The van der Waals surface area contributed by atoms with Crippen molar-refractivity contribution in [1.82, 2.24) is 10.3 Å². The van der Waals surface area contributed by atoms with Gasteiger partial charge in [-0.1, -0.05) is 41.7 Å². The van der Waals surface area contributed by atoms with Gasteiger partial charge >= 0.3 is 5.97 Å². The first-order valence-electron chi connectivity index (χ1n) is 5.82. The van der Waals surface area contributed by atoms with E-state index in [1.165, 1.54) is 6.20 Å². The number of hydrogen-bond donors (Lipinski definition) is 1. The molecule has 0 aliphatic heterocycles. The van der Waals surface area contributed by atoms with E-state index in [0.29, 0.717) is 0 Å². The zero-order chi connectivity index (χ0) is 15.3. The molecule has 1 aromatic heterocycles. The third-order valence-electron chi connectivity index (χ3n) is 2.46. The van der Waals surface area contributed by atoms with E-state index in [4.69, 9.17) is 39.5 Å². The molecule has 0 spiro atoms. The maximum atomic E-state index is 11.7. The molecule has 1 atom stereocenters. The van der Waals surface area contributed by atoms with Crippen molar-refractivity contribution in [1.29, 1.82) is 0 Å². The number of pyridine rings is 1. The second-order valence-corrected chi connectivity index (χ2v) is 5.20. The smallest absolute Gasteiger partial charge is 0.359 e. The van der Waals surface area contributed by atoms with Gasteiger partial charge in [0, 0.05) is 12.2 Å². The van der Waals surface area contributed by atoms with Crippen LogP contribution in [0.4, 0.5) is 0 Å². The summed E-state index contributed by atoms with van der Waals surface area (Å²) in [4.78, 5) is 26.9. The van der Waals surface area contributed by atoms with Crippen LogP contribution in [-0.2, 0) is 9.53 Å². The number of carbonyl (C=O) groups excluding carboxylic acids is 2. The molecule has 0 radical (unpaired) electrons. The molecule has 20 heavy (non-hydrogen) atoms. The Labute approximate surface area is 131 Å². The van der Waals surface area contributed by atoms with Crippen molar-refractivity contribution in [2.24, 2.45) is 0 Å². The molecule has 0 aliphatic rings. The fourth-order valence-corrected chi connectivity index (χ4v) is 1.76. The van der Waals surface area contributed by atoms with Crippen molar-refractivity contribution in [3.05, 3.63) is 27.0 Å². The van der Waals surface area contributed by atoms with E-state index in [1.54, 1.807) is 0 Å². The van der Waals surface area contributed by atoms with Crippen molar-refractivity contribution in [3.63, 3.8) is 0 Å². The lowest BCUT2D eigenvalue weighted by molar-refractivity contribution is -0.124. The predicted octanol–water partition coefficient (Wildman–Crippen LogP) is 3.11. The molecule has 0 fully saturated rings. The van der Waals surface area contributed by atoms with Gasteiger partial charge in [0.1, 0.15) is 0 Å². The maximum absolute atomic E-state index is 11.7. The fourth-order valence-electron chi connectivity index (χ4n) is 1.20. The Morgan fingerprint density at radius 1 is 1.35 bits per heavy atom. The van der Waals surface area contributed by atoms with Gasteiger partial charge in [-0.05, 0) is 13.3 Å². The van der Waals surface area contributed by atoms with Crippen molar-refractivity contribution in [3.8, 4) is 0 Å². The summed E-state index contributed by atoms with van der Waals surface area (Å²) in [6.07, 6.45) is 1.96. The standard InChI is InChI=1S/C12H13Cl3N2O3/c1-3-6(2)17-8(18)5-20-12(19)11-10(15)9(14)7(13)4-16-11/h4,6H,3,5H2,1-2H3,(H,17,18)/t6-/m1/s1. The molecule has 1 heterocycles. The normalized spacial score (nSPS) is 11.8. The van der Waals surface area contributed by atoms with E-state index in [0.717, 1.165) is 6.42 Å². The van der Waals surface area contributed by atoms with E-state index in [-0.39, 0.29) is 26.8 Å². The van der Waals surface area contributed by atoms with E-state index in [2.05, 4.69) is 10.3 Å². The number of amides is 1. The molecule has 1 rings (SSSR count). The van der Waals surface area contributed by atoms with E-state index >= 15 is 0 Å². The number of rotatable bonds is 5. The molecule has 0 saturated heterocycles. The Bertz CT molecular complexity index is 523. The molecule has 1 N–H and O–H groups in total. The summed E-state index contributed by atoms with van der Waals surface area (Å²) in [6.45, 7) is 3.36. The highest BCUT2D eigenvalue weighted by Crippen LogP contribution is 2.31. The topological polar surface area (TPSA) is 68.3 Å². The molecule has 0 bridgehead atoms. The van der Waals surface area contributed by atoms with E-state index in [1.807, 2.05) is 13.8 Å². The van der Waals surface area contributed by atoms with Crippen LogP contribution < -0.4 is 5.32 Å². The van der Waals surface area contributed by atoms with Crippen LogP contribution in [0.1, 0.15) is 30.8 Å². The largest absolute Gasteiger partial charge is 0.451 e. The minimum Gasteiger partial charge on any atom is -0.451 e. The van der Waals surface area contributed by atoms with Crippen LogP contribution in [0.2, 0.25) is 15.1 Å². The summed E-state index contributed by atoms with van der Waals surface area (Å²) in [6, 6.07) is 0.00731. The monoisotopic (exact) mass is 338 g/mol. The highest BCUT2D eigenvalue weighted by Gasteiger charge is 2.19. The predicted molar refractivity (Wildman–Crippen MR) is 77.4 cm³/mol. The third-order valence-corrected chi connectivity index (χ3v) is 3.71. The lowest BCUT2D eigenvalue weighted by Gasteiger charge is -2.11. The Morgan fingerprint density at radius 3 is 2.60 bits per heavy atom. The number of hydrogen-bond acceptors (Lipinski definition) is 4. The van der Waals surface area contributed by atoms with Gasteiger partial charge in [0.05, 0.1) is 15.1 Å². The van der Waals surface area contributed by atoms with Gasteiger partial charge in [-0.2, -0.15) is 0 Å². The van der Waals surface area contributed by atoms with Crippen LogP contribution in [0, 0.1) is 0 Å². The molecule has 5 nitrogen and oxygen atoms in total. The lowest BCUT2D eigenvalue weighted by Crippen LogP contribution is -2.35. The fraction of sp³-hybridized carbons (Fsp3) is 0.417. The van der Waals surface area contributed by atoms with Crippen molar-refractivity contribution < 1.29 is 14.3 Å². The van der Waals surface area contributed by atoms with Gasteiger partial charge in [-0.25, -0.2) is 9.78 Å². The molecule has 1 amide bonds. The Hall–Kier alpha value is -1.04. The van der Waals surface area contributed by atoms with Gasteiger partial charge in [-0.3, -0.25) is 4.79 Å². The minimum atomic E-state index is -0.840. The van der Waals surface area contributed by atoms with E-state index < -0.39 is 18.5 Å². The highest BCUT2D eigenvalue weighted by molar-refractivity contribution is 6.48. The van der Waals surface area contributed by atoms with Crippen LogP contribution in [-0.4, -0.2) is 29.5 Å². The first-order chi connectivity index (χ1) is 9.36. The van der Waals surface area contributed by atoms with Crippen molar-refractivity contribution in [2.75, 3.05) is 6.61 Å². The molecule has 8 heteroatoms. The molecule has 0 aromatic carbocycles. The van der Waals surface area contributed by atoms with Crippen molar-refractivity contribution >= 4 is 46.7 Å². The van der Waals surface area contributed by atoms with Crippen LogP contribution in [0.5, 0.6) is 0 Å². The average Bonchev–Trinajstić information content (AvgIpc) is 2.42. The highest BCUT2D eigenvalue weighted by atomic mass is 35.5. The number of nitrogens with zero attached hydrogens (tertiary/aromatic N) is 1. The summed E-state index contributed by atoms with van der Waals surface area (Å²) in [5.41, 5.74) is -0.183. The van der Waals surface area contributed by atoms with Crippen LogP contribution in [0.25, 0.3) is 0 Å². The van der Waals surface area contributed by atoms with Gasteiger partial charge in [-0.15, -0.1) is 0 Å². The van der Waals surface area contributed by atoms with E-state index in [9.17, 15) is 9.59 Å². The molecule has 0 saturated carbocycles. The summed E-state index contributed by atoms with van der Waals surface area (Å²) >= 11 is 17.3. The molecule has 110 valence electrons. The minimum absolute atomic E-state index is 0.00731. The first kappa shape index (κ1) is 17.0. The quantitative estimate of drug-likeness (QED) is 0.837. The maximum Gasteiger partial charge on any atom is 0.359 e. The molecule has 0 aliphatic carbocycles. The third kappa shape index (κ3) is 4.51. The zero-order valence-corrected chi connectivity index (χ0v) is 13.1. The molecule has 1 aromatic rings. The lowest BCUT2D eigenvalue weighted by atomic mass is 10.2. The molecular formula is C12H13Cl3N2O3. The summed E-state index contributed by atoms with van der Waals surface area (Å²) in [5, 5.41) is 2.69. The zero-order valence-electron chi connectivity index (χ0n) is 10.9. The van der Waals surface area contributed by atoms with Crippen LogP contribution >= 0.6 is 34.8 Å². The van der Waals surface area contributed by atoms with Gasteiger partial charge in [0.25, 0.3) is 5.91 Å². The second-order valence-electron chi connectivity index (χ2n) is 4.04. The Morgan fingerprint density at radius 2 is 2.00 bits per heavy atom. The molecular weight excluding hydrogens is 327 g/mol. The van der Waals surface area contributed by atoms with Crippen LogP contribution in [0.3, 0.4) is 0 Å². The number of nitrogens with one attached hydrogen (secondary N) is 1. The number of carbonyl (C=O) groups is 2. The van der Waals surface area contributed by atoms with Gasteiger partial charge < -0.3 is 10.1 Å². The number of aromatic nitrogens is 1.